The van der Waals surface area contributed by atoms with Crippen LogP contribution in [0.15, 0.2) is 114 Å². The summed E-state index contributed by atoms with van der Waals surface area (Å²) in [6.45, 7) is 5.29. The molecule has 0 radical (unpaired) electrons. The van der Waals surface area contributed by atoms with E-state index in [0.717, 1.165) is 72.4 Å². The van der Waals surface area contributed by atoms with Crippen LogP contribution in [0.4, 0.5) is 0 Å². The van der Waals surface area contributed by atoms with Crippen molar-refractivity contribution in [1.82, 2.24) is 20.1 Å². The maximum absolute atomic E-state index is 13.4. The predicted octanol–water partition coefficient (Wildman–Crippen LogP) is 7.04. The minimum atomic E-state index is -0.643. The van der Waals surface area contributed by atoms with Crippen LogP contribution >= 0.6 is 11.3 Å². The average Bonchev–Trinajstić information content (AvgIpc) is 3.87. The van der Waals surface area contributed by atoms with Gasteiger partial charge in [0, 0.05) is 22.7 Å². The van der Waals surface area contributed by atoms with Gasteiger partial charge in [0.2, 0.25) is 0 Å². The number of aromatic nitrogens is 2. The summed E-state index contributed by atoms with van der Waals surface area (Å²) >= 11 is 1.80. The third kappa shape index (κ3) is 6.03. The topological polar surface area (TPSA) is 71.8 Å². The number of carbonyl (C=O) groups is 1. The van der Waals surface area contributed by atoms with E-state index in [2.05, 4.69) is 119 Å². The first-order valence-electron chi connectivity index (χ1n) is 16.7. The van der Waals surface area contributed by atoms with Crippen LogP contribution in [0.2, 0.25) is 0 Å². The summed E-state index contributed by atoms with van der Waals surface area (Å²) in [7, 11) is 0. The van der Waals surface area contributed by atoms with E-state index < -0.39 is 5.54 Å². The van der Waals surface area contributed by atoms with Gasteiger partial charge in [-0.25, -0.2) is 4.79 Å². The molecule has 0 bridgehead atoms. The molecule has 1 aliphatic carbocycles. The molecule has 1 unspecified atom stereocenters. The van der Waals surface area contributed by atoms with Gasteiger partial charge in [0.25, 0.3) is 0 Å². The number of esters is 1. The van der Waals surface area contributed by atoms with Crippen molar-refractivity contribution in [2.24, 2.45) is 5.10 Å². The van der Waals surface area contributed by atoms with Crippen molar-refractivity contribution in [2.45, 2.75) is 50.6 Å². The van der Waals surface area contributed by atoms with Crippen molar-refractivity contribution in [1.29, 1.82) is 0 Å². The second kappa shape index (κ2) is 14.1. The van der Waals surface area contributed by atoms with E-state index in [1.54, 1.807) is 11.3 Å². The first-order chi connectivity index (χ1) is 23.2. The fourth-order valence-electron chi connectivity index (χ4n) is 7.24. The fourth-order valence-corrected chi connectivity index (χ4v) is 7.95. The zero-order chi connectivity index (χ0) is 32.1. The first kappa shape index (κ1) is 31.1. The zero-order valence-corrected chi connectivity index (χ0v) is 27.7. The molecule has 1 aliphatic heterocycles. The number of carbonyl (C=O) groups excluding carboxylic acids is 1. The smallest absolute Gasteiger partial charge is 0.356 e. The van der Waals surface area contributed by atoms with Crippen LogP contribution in [-0.4, -0.2) is 52.7 Å². The maximum Gasteiger partial charge on any atom is 0.356 e. The van der Waals surface area contributed by atoms with Crippen LogP contribution in [-0.2, 0) is 29.7 Å². The lowest BCUT2D eigenvalue weighted by molar-refractivity contribution is 0.0510. The van der Waals surface area contributed by atoms with Crippen molar-refractivity contribution in [2.75, 3.05) is 26.2 Å². The predicted molar refractivity (Wildman–Crippen MR) is 188 cm³/mol. The Bertz CT molecular complexity index is 1710. The highest BCUT2D eigenvalue weighted by Gasteiger charge is 2.48. The number of hydrogen-bond acceptors (Lipinski definition) is 7. The summed E-state index contributed by atoms with van der Waals surface area (Å²) in [6.07, 6.45) is 3.40. The van der Waals surface area contributed by atoms with Gasteiger partial charge in [-0.3, -0.25) is 9.69 Å². The van der Waals surface area contributed by atoms with Crippen LogP contribution in [0, 0.1) is 0 Å². The molecule has 0 fully saturated rings. The molecule has 2 aromatic heterocycles. The molecule has 0 saturated carbocycles. The molecule has 1 N–H and O–H groups in total. The number of ether oxygens (including phenoxy) is 1. The molecular formula is C39H41N5O2S. The molecule has 8 heteroatoms. The summed E-state index contributed by atoms with van der Waals surface area (Å²) in [5.41, 5.74) is 6.55. The Morgan fingerprint density at radius 3 is 2.15 bits per heavy atom. The van der Waals surface area contributed by atoms with E-state index in [-0.39, 0.29) is 11.9 Å². The highest BCUT2D eigenvalue weighted by molar-refractivity contribution is 7.09. The largest absolute Gasteiger partial charge is 0.461 e. The van der Waals surface area contributed by atoms with Gasteiger partial charge in [0.05, 0.1) is 24.8 Å². The van der Waals surface area contributed by atoms with Gasteiger partial charge >= 0.3 is 5.97 Å². The number of fused-ring (bicyclic) bond motifs is 3. The summed E-state index contributed by atoms with van der Waals surface area (Å²) in [6, 6.07) is 36.3. The molecule has 2 aliphatic rings. The molecule has 5 aromatic rings. The van der Waals surface area contributed by atoms with Crippen molar-refractivity contribution in [3.8, 4) is 0 Å². The van der Waals surface area contributed by atoms with Gasteiger partial charge in [0.1, 0.15) is 11.2 Å². The standard InChI is InChI=1S/C39H41N5O2S/c1-2-46-38(45)37-33-21-22-35-34(36(33)42-43(37)26-13-24-40-25-23-32-20-12-27-47-32)28-44(41-35)39(29-14-6-3-7-15-29,30-16-8-4-9-17-30)31-18-10-5-11-19-31/h3-12,14-20,27,34,40H,2,13,21-26,28H2,1H3. The number of hydrogen-bond donors (Lipinski definition) is 1. The number of aryl methyl sites for hydroxylation is 1. The van der Waals surface area contributed by atoms with Crippen molar-refractivity contribution in [3.05, 3.63) is 147 Å². The SMILES string of the molecule is CCOC(=O)c1c2c(nn1CCCNCCc1cccs1)C1CN(C(c3ccccc3)(c3ccccc3)c3ccccc3)N=C1CC2. The number of hydrazone groups is 1. The second-order valence-corrected chi connectivity index (χ2v) is 13.2. The lowest BCUT2D eigenvalue weighted by Gasteiger charge is -2.42. The molecule has 0 saturated heterocycles. The molecule has 7 rings (SSSR count). The summed E-state index contributed by atoms with van der Waals surface area (Å²) in [5, 5.41) is 18.6. The molecule has 3 heterocycles. The summed E-state index contributed by atoms with van der Waals surface area (Å²) in [5.74, 6) is -0.290. The Morgan fingerprint density at radius 2 is 1.55 bits per heavy atom. The summed E-state index contributed by atoms with van der Waals surface area (Å²) < 4.78 is 7.50. The Kier molecular flexibility index (Phi) is 9.31. The van der Waals surface area contributed by atoms with Crippen LogP contribution in [0.5, 0.6) is 0 Å². The number of nitrogens with zero attached hydrogens (tertiary/aromatic N) is 4. The minimum Gasteiger partial charge on any atom is -0.461 e. The maximum atomic E-state index is 13.4. The van der Waals surface area contributed by atoms with Crippen molar-refractivity contribution >= 4 is 23.0 Å². The minimum absolute atomic E-state index is 0.00684. The summed E-state index contributed by atoms with van der Waals surface area (Å²) in [4.78, 5) is 14.8. The average molecular weight is 644 g/mol. The molecular weight excluding hydrogens is 603 g/mol. The zero-order valence-electron chi connectivity index (χ0n) is 26.8. The molecule has 0 spiro atoms. The fraction of sp³-hybridized carbons (Fsp3) is 0.308. The quantitative estimate of drug-likeness (QED) is 0.0847. The molecule has 0 amide bonds. The Morgan fingerprint density at radius 1 is 0.894 bits per heavy atom. The van der Waals surface area contributed by atoms with Gasteiger partial charge in [-0.1, -0.05) is 97.1 Å². The van der Waals surface area contributed by atoms with Crippen molar-refractivity contribution < 1.29 is 9.53 Å². The van der Waals surface area contributed by atoms with Crippen LogP contribution in [0.3, 0.4) is 0 Å². The van der Waals surface area contributed by atoms with Crippen LogP contribution < -0.4 is 5.32 Å². The van der Waals surface area contributed by atoms with Gasteiger partial charge in [-0.05, 0) is 73.8 Å². The number of thiophene rings is 1. The molecule has 1 atom stereocenters. The van der Waals surface area contributed by atoms with E-state index in [1.165, 1.54) is 4.88 Å². The number of benzene rings is 3. The third-order valence-corrected chi connectivity index (χ3v) is 10.3. The van der Waals surface area contributed by atoms with E-state index in [4.69, 9.17) is 14.9 Å². The molecule has 47 heavy (non-hydrogen) atoms. The Balaban J connectivity index is 1.21. The van der Waals surface area contributed by atoms with Crippen LogP contribution in [0.25, 0.3) is 0 Å². The number of nitrogens with one attached hydrogen (secondary N) is 1. The highest BCUT2D eigenvalue weighted by Crippen LogP contribution is 2.47. The van der Waals surface area contributed by atoms with E-state index in [0.29, 0.717) is 25.4 Å². The van der Waals surface area contributed by atoms with Gasteiger partial charge in [-0.2, -0.15) is 10.2 Å². The van der Waals surface area contributed by atoms with E-state index >= 15 is 0 Å². The van der Waals surface area contributed by atoms with E-state index in [1.807, 2.05) is 11.6 Å². The highest BCUT2D eigenvalue weighted by atomic mass is 32.1. The molecule has 3 aromatic carbocycles. The lowest BCUT2D eigenvalue weighted by atomic mass is 9.76. The lowest BCUT2D eigenvalue weighted by Crippen LogP contribution is -2.45. The van der Waals surface area contributed by atoms with Gasteiger partial charge in [-0.15, -0.1) is 11.3 Å². The van der Waals surface area contributed by atoms with E-state index in [9.17, 15) is 4.79 Å². The van der Waals surface area contributed by atoms with Crippen molar-refractivity contribution in [3.63, 3.8) is 0 Å². The second-order valence-electron chi connectivity index (χ2n) is 12.1. The Hall–Kier alpha value is -4.53. The first-order valence-corrected chi connectivity index (χ1v) is 17.6. The van der Waals surface area contributed by atoms with Gasteiger partial charge < -0.3 is 10.1 Å². The third-order valence-electron chi connectivity index (χ3n) is 9.33. The van der Waals surface area contributed by atoms with Gasteiger partial charge in [0.15, 0.2) is 0 Å². The molecule has 240 valence electrons. The Labute approximate surface area is 280 Å². The van der Waals surface area contributed by atoms with Crippen LogP contribution in [0.1, 0.15) is 69.0 Å². The monoisotopic (exact) mass is 643 g/mol. The normalized spacial score (nSPS) is 15.6. The number of rotatable bonds is 13. The molecule has 7 nitrogen and oxygen atoms in total.